The second-order valence-electron chi connectivity index (χ2n) is 6.72. The fraction of sp³-hybridized carbons (Fsp3) is 0.190. The van der Waals surface area contributed by atoms with Crippen molar-refractivity contribution in [2.45, 2.75) is 0 Å². The van der Waals surface area contributed by atoms with E-state index < -0.39 is 5.92 Å². The number of phenolic OH excluding ortho intramolecular Hbond substituents is 4. The zero-order valence-electron chi connectivity index (χ0n) is 14.8. The quantitative estimate of drug-likeness (QED) is 0.492. The number of rotatable bonds is 3. The number of carbonyl (C=O) groups excluding carboxylic acids is 1. The molecule has 1 heterocycles. The lowest BCUT2D eigenvalue weighted by Gasteiger charge is -2.32. The third-order valence-electron chi connectivity index (χ3n) is 4.54. The van der Waals surface area contributed by atoms with Crippen LogP contribution in [0.1, 0.15) is 11.1 Å². The molecule has 1 aliphatic heterocycles. The van der Waals surface area contributed by atoms with Gasteiger partial charge in [-0.2, -0.15) is 0 Å². The Morgan fingerprint density at radius 1 is 0.815 bits per heavy atom. The van der Waals surface area contributed by atoms with Gasteiger partial charge in [-0.25, -0.2) is 0 Å². The summed E-state index contributed by atoms with van der Waals surface area (Å²) in [5.41, 5.74) is 3.09. The van der Waals surface area contributed by atoms with Crippen molar-refractivity contribution in [3.05, 3.63) is 58.7 Å². The van der Waals surface area contributed by atoms with Gasteiger partial charge in [0.2, 0.25) is 0 Å². The molecule has 0 radical (unpaired) electrons. The SMILES string of the molecule is CN1CC(=Cc2ccc(O)c(O)c2)C(C=O)C(=Cc2ccc(O)c(O)c2)C1. The van der Waals surface area contributed by atoms with E-state index in [-0.39, 0.29) is 23.0 Å². The first-order valence-electron chi connectivity index (χ1n) is 8.46. The average molecular weight is 367 g/mol. The molecule has 1 saturated heterocycles. The highest BCUT2D eigenvalue weighted by atomic mass is 16.3. The summed E-state index contributed by atoms with van der Waals surface area (Å²) in [5, 5.41) is 38.3. The molecule has 1 fully saturated rings. The van der Waals surface area contributed by atoms with E-state index in [4.69, 9.17) is 0 Å². The Bertz CT molecular complexity index is 861. The molecule has 4 N–H and O–H groups in total. The van der Waals surface area contributed by atoms with Crippen LogP contribution in [0.5, 0.6) is 23.0 Å². The van der Waals surface area contributed by atoms with Crippen LogP contribution in [0, 0.1) is 5.92 Å². The molecule has 0 aromatic heterocycles. The van der Waals surface area contributed by atoms with Gasteiger partial charge in [0.25, 0.3) is 0 Å². The first kappa shape index (κ1) is 18.5. The van der Waals surface area contributed by atoms with Gasteiger partial charge in [0, 0.05) is 13.1 Å². The highest BCUT2D eigenvalue weighted by Gasteiger charge is 2.26. The number of aromatic hydroxyl groups is 4. The van der Waals surface area contributed by atoms with Gasteiger partial charge in [0.15, 0.2) is 23.0 Å². The van der Waals surface area contributed by atoms with E-state index in [0.29, 0.717) is 24.2 Å². The molecule has 1 aliphatic rings. The smallest absolute Gasteiger partial charge is 0.157 e. The highest BCUT2D eigenvalue weighted by Crippen LogP contribution is 2.32. The van der Waals surface area contributed by atoms with Crippen LogP contribution in [0.2, 0.25) is 0 Å². The summed E-state index contributed by atoms with van der Waals surface area (Å²) in [7, 11) is 1.94. The Labute approximate surface area is 156 Å². The molecule has 27 heavy (non-hydrogen) atoms. The van der Waals surface area contributed by atoms with Crippen LogP contribution < -0.4 is 0 Å². The fourth-order valence-corrected chi connectivity index (χ4v) is 3.25. The molecule has 3 rings (SSSR count). The summed E-state index contributed by atoms with van der Waals surface area (Å²) >= 11 is 0. The van der Waals surface area contributed by atoms with E-state index in [1.165, 1.54) is 24.3 Å². The van der Waals surface area contributed by atoms with E-state index in [1.54, 1.807) is 12.1 Å². The van der Waals surface area contributed by atoms with E-state index in [9.17, 15) is 25.2 Å². The first-order valence-corrected chi connectivity index (χ1v) is 8.46. The van der Waals surface area contributed by atoms with Crippen LogP contribution in [0.4, 0.5) is 0 Å². The maximum absolute atomic E-state index is 11.8. The van der Waals surface area contributed by atoms with Gasteiger partial charge < -0.3 is 25.2 Å². The molecule has 6 heteroatoms. The number of aldehydes is 1. The van der Waals surface area contributed by atoms with Crippen molar-refractivity contribution in [1.82, 2.24) is 4.90 Å². The van der Waals surface area contributed by atoms with Crippen LogP contribution in [0.3, 0.4) is 0 Å². The van der Waals surface area contributed by atoms with Crippen molar-refractivity contribution in [2.75, 3.05) is 20.1 Å². The standard InChI is InChI=1S/C21H21NO5/c1-22-10-15(6-13-2-4-18(24)20(26)8-13)17(12-23)16(11-22)7-14-3-5-19(25)21(27)9-14/h2-9,12,17,24-27H,10-11H2,1H3. The van der Waals surface area contributed by atoms with Crippen molar-refractivity contribution in [1.29, 1.82) is 0 Å². The van der Waals surface area contributed by atoms with Gasteiger partial charge >= 0.3 is 0 Å². The monoisotopic (exact) mass is 367 g/mol. The molecule has 0 aliphatic carbocycles. The molecule has 6 nitrogen and oxygen atoms in total. The molecular weight excluding hydrogens is 346 g/mol. The Morgan fingerprint density at radius 2 is 1.26 bits per heavy atom. The van der Waals surface area contributed by atoms with Crippen LogP contribution in [-0.4, -0.2) is 51.7 Å². The topological polar surface area (TPSA) is 101 Å². The zero-order valence-corrected chi connectivity index (χ0v) is 14.8. The fourth-order valence-electron chi connectivity index (χ4n) is 3.25. The minimum Gasteiger partial charge on any atom is -0.504 e. The summed E-state index contributed by atoms with van der Waals surface area (Å²) in [6.45, 7) is 1.17. The first-order chi connectivity index (χ1) is 12.9. The third kappa shape index (κ3) is 4.12. The Kier molecular flexibility index (Phi) is 5.19. The van der Waals surface area contributed by atoms with Gasteiger partial charge in [-0.3, -0.25) is 4.90 Å². The maximum atomic E-state index is 11.8. The maximum Gasteiger partial charge on any atom is 0.157 e. The number of nitrogens with zero attached hydrogens (tertiary/aromatic N) is 1. The lowest BCUT2D eigenvalue weighted by atomic mass is 9.85. The number of carbonyl (C=O) groups is 1. The normalized spacial score (nSPS) is 20.9. The third-order valence-corrected chi connectivity index (χ3v) is 4.54. The number of hydrogen-bond acceptors (Lipinski definition) is 6. The second-order valence-corrected chi connectivity index (χ2v) is 6.72. The summed E-state index contributed by atoms with van der Waals surface area (Å²) in [6, 6.07) is 9.03. The largest absolute Gasteiger partial charge is 0.504 e. The van der Waals surface area contributed by atoms with Gasteiger partial charge in [0.1, 0.15) is 6.29 Å². The highest BCUT2D eigenvalue weighted by molar-refractivity contribution is 5.75. The van der Waals surface area contributed by atoms with Crippen LogP contribution >= 0.6 is 0 Å². The summed E-state index contributed by atoms with van der Waals surface area (Å²) in [4.78, 5) is 13.9. The van der Waals surface area contributed by atoms with Crippen molar-refractivity contribution in [3.63, 3.8) is 0 Å². The van der Waals surface area contributed by atoms with E-state index >= 15 is 0 Å². The van der Waals surface area contributed by atoms with Crippen LogP contribution in [0.15, 0.2) is 47.5 Å². The molecule has 0 saturated carbocycles. The lowest BCUT2D eigenvalue weighted by Crippen LogP contribution is -2.35. The lowest BCUT2D eigenvalue weighted by molar-refractivity contribution is -0.109. The van der Waals surface area contributed by atoms with Gasteiger partial charge in [-0.1, -0.05) is 24.3 Å². The number of phenols is 4. The molecule has 0 atom stereocenters. The minimum absolute atomic E-state index is 0.197. The van der Waals surface area contributed by atoms with Crippen molar-refractivity contribution < 1.29 is 25.2 Å². The number of hydrogen-bond donors (Lipinski definition) is 4. The van der Waals surface area contributed by atoms with E-state index in [0.717, 1.165) is 17.4 Å². The second kappa shape index (κ2) is 7.55. The van der Waals surface area contributed by atoms with Crippen molar-refractivity contribution in [3.8, 4) is 23.0 Å². The van der Waals surface area contributed by atoms with Crippen LogP contribution in [-0.2, 0) is 4.79 Å². The summed E-state index contributed by atoms with van der Waals surface area (Å²) in [5.74, 6) is -1.26. The number of piperidine rings is 1. The van der Waals surface area contributed by atoms with Gasteiger partial charge in [-0.15, -0.1) is 0 Å². The average Bonchev–Trinajstić information content (AvgIpc) is 2.61. The summed E-state index contributed by atoms with van der Waals surface area (Å²) in [6.07, 6.45) is 4.54. The molecule has 0 amide bonds. The zero-order chi connectivity index (χ0) is 19.6. The molecule has 140 valence electrons. The predicted molar refractivity (Wildman–Crippen MR) is 103 cm³/mol. The van der Waals surface area contributed by atoms with E-state index in [2.05, 4.69) is 4.90 Å². The van der Waals surface area contributed by atoms with Crippen molar-refractivity contribution in [2.24, 2.45) is 5.92 Å². The molecule has 2 aromatic rings. The van der Waals surface area contributed by atoms with Crippen molar-refractivity contribution >= 4 is 18.4 Å². The molecule has 0 bridgehead atoms. The Hall–Kier alpha value is -3.25. The number of likely N-dealkylation sites (tertiary alicyclic amines) is 1. The van der Waals surface area contributed by atoms with Gasteiger partial charge in [0.05, 0.1) is 5.92 Å². The molecule has 0 unspecified atom stereocenters. The number of likely N-dealkylation sites (N-methyl/N-ethyl adjacent to an activating group) is 1. The van der Waals surface area contributed by atoms with E-state index in [1.807, 2.05) is 19.2 Å². The Morgan fingerprint density at radius 3 is 1.63 bits per heavy atom. The molecule has 2 aromatic carbocycles. The van der Waals surface area contributed by atoms with Crippen LogP contribution in [0.25, 0.3) is 12.2 Å². The Balaban J connectivity index is 1.99. The molecule has 0 spiro atoms. The number of benzene rings is 2. The minimum atomic E-state index is -0.437. The summed E-state index contributed by atoms with van der Waals surface area (Å²) < 4.78 is 0. The predicted octanol–water partition coefficient (Wildman–Crippen LogP) is 2.74. The van der Waals surface area contributed by atoms with Gasteiger partial charge in [-0.05, 0) is 53.6 Å². The molecular formula is C21H21NO5.